The number of hydrogen-bond donors (Lipinski definition) is 2. The molecule has 0 aromatic heterocycles. The minimum absolute atomic E-state index is 0.245. The zero-order valence-electron chi connectivity index (χ0n) is 15.0. The van der Waals surface area contributed by atoms with Crippen molar-refractivity contribution in [3.63, 3.8) is 0 Å². The first-order chi connectivity index (χ1) is 11.7. The maximum atomic E-state index is 10.3. The third kappa shape index (κ3) is 5.20. The van der Waals surface area contributed by atoms with E-state index in [1.807, 2.05) is 0 Å². The van der Waals surface area contributed by atoms with Crippen LogP contribution in [0.25, 0.3) is 0 Å². The van der Waals surface area contributed by atoms with Gasteiger partial charge in [0.25, 0.3) is 0 Å². The van der Waals surface area contributed by atoms with E-state index in [-0.39, 0.29) is 6.10 Å². The fourth-order valence-electron chi connectivity index (χ4n) is 3.89. The number of likely N-dealkylation sites (tertiary alicyclic amines) is 1. The molecule has 2 aliphatic heterocycles. The van der Waals surface area contributed by atoms with Gasteiger partial charge < -0.3 is 20.2 Å². The molecule has 4 nitrogen and oxygen atoms in total. The summed E-state index contributed by atoms with van der Waals surface area (Å²) in [5.74, 6) is 0.853. The lowest BCUT2D eigenvalue weighted by atomic mass is 9.99. The molecule has 0 aliphatic carbocycles. The molecule has 0 spiro atoms. The molecule has 0 saturated carbocycles. The van der Waals surface area contributed by atoms with Crippen molar-refractivity contribution in [3.05, 3.63) is 30.3 Å². The molecule has 134 valence electrons. The van der Waals surface area contributed by atoms with E-state index in [2.05, 4.69) is 52.4 Å². The molecule has 2 N–H and O–H groups in total. The van der Waals surface area contributed by atoms with E-state index < -0.39 is 0 Å². The van der Waals surface area contributed by atoms with Gasteiger partial charge in [-0.25, -0.2) is 0 Å². The van der Waals surface area contributed by atoms with Crippen LogP contribution < -0.4 is 10.2 Å². The summed E-state index contributed by atoms with van der Waals surface area (Å²) in [6.07, 6.45) is 4.62. The molecular weight excluding hydrogens is 298 g/mol. The van der Waals surface area contributed by atoms with Crippen molar-refractivity contribution in [1.82, 2.24) is 10.2 Å². The van der Waals surface area contributed by atoms with Gasteiger partial charge in [-0.3, -0.25) is 0 Å². The van der Waals surface area contributed by atoms with Crippen LogP contribution in [0.2, 0.25) is 0 Å². The normalized spacial score (nSPS) is 22.7. The maximum absolute atomic E-state index is 10.3. The molecule has 1 aromatic rings. The average Bonchev–Trinajstić information content (AvgIpc) is 2.63. The Bertz CT molecular complexity index is 465. The molecule has 2 fully saturated rings. The van der Waals surface area contributed by atoms with Crippen molar-refractivity contribution in [2.75, 3.05) is 44.2 Å². The smallest absolute Gasteiger partial charge is 0.0791 e. The molecule has 0 radical (unpaired) electrons. The van der Waals surface area contributed by atoms with Crippen LogP contribution in [0.15, 0.2) is 30.3 Å². The van der Waals surface area contributed by atoms with E-state index in [1.54, 1.807) is 0 Å². The van der Waals surface area contributed by atoms with Crippen LogP contribution in [0.4, 0.5) is 5.69 Å². The number of rotatable bonds is 6. The number of nitrogens with one attached hydrogen (secondary N) is 1. The van der Waals surface area contributed by atoms with Gasteiger partial charge in [-0.1, -0.05) is 25.1 Å². The summed E-state index contributed by atoms with van der Waals surface area (Å²) in [6, 6.07) is 11.2. The third-order valence-electron chi connectivity index (χ3n) is 5.60. The first-order valence-electron chi connectivity index (χ1n) is 9.64. The lowest BCUT2D eigenvalue weighted by Gasteiger charge is -2.35. The minimum atomic E-state index is -0.245. The van der Waals surface area contributed by atoms with Gasteiger partial charge in [0, 0.05) is 37.9 Å². The number of β-amino-alcohol motifs (C(OH)–C–C–N with tert-alkyl or cyclic N) is 1. The number of piperidine rings is 2. The van der Waals surface area contributed by atoms with E-state index >= 15 is 0 Å². The number of para-hydroxylation sites is 1. The van der Waals surface area contributed by atoms with Crippen LogP contribution in [0.3, 0.4) is 0 Å². The molecule has 4 heteroatoms. The Labute approximate surface area is 146 Å². The lowest BCUT2D eigenvalue weighted by Crippen LogP contribution is -2.47. The van der Waals surface area contributed by atoms with Crippen molar-refractivity contribution in [1.29, 1.82) is 0 Å². The number of nitrogens with zero attached hydrogens (tertiary/aromatic N) is 2. The fraction of sp³-hybridized carbons (Fsp3) is 0.700. The summed E-state index contributed by atoms with van der Waals surface area (Å²) in [5.41, 5.74) is 1.33. The summed E-state index contributed by atoms with van der Waals surface area (Å²) in [5, 5.41) is 13.9. The van der Waals surface area contributed by atoms with Crippen LogP contribution in [-0.2, 0) is 0 Å². The molecule has 3 rings (SSSR count). The first kappa shape index (κ1) is 17.7. The second-order valence-electron chi connectivity index (χ2n) is 7.64. The van der Waals surface area contributed by atoms with E-state index in [1.165, 1.54) is 18.5 Å². The predicted molar refractivity (Wildman–Crippen MR) is 101 cm³/mol. The van der Waals surface area contributed by atoms with E-state index in [4.69, 9.17) is 0 Å². The third-order valence-corrected chi connectivity index (χ3v) is 5.60. The van der Waals surface area contributed by atoms with Gasteiger partial charge in [0.05, 0.1) is 6.10 Å². The lowest BCUT2D eigenvalue weighted by molar-refractivity contribution is 0.0881. The number of benzene rings is 1. The highest BCUT2D eigenvalue weighted by Crippen LogP contribution is 2.19. The van der Waals surface area contributed by atoms with Crippen LogP contribution >= 0.6 is 0 Å². The second-order valence-corrected chi connectivity index (χ2v) is 7.64. The second kappa shape index (κ2) is 8.84. The Balaban J connectivity index is 1.33. The van der Waals surface area contributed by atoms with Crippen molar-refractivity contribution in [2.45, 2.75) is 44.8 Å². The van der Waals surface area contributed by atoms with Crippen molar-refractivity contribution < 1.29 is 5.11 Å². The molecule has 2 heterocycles. The van der Waals surface area contributed by atoms with E-state index in [0.29, 0.717) is 6.04 Å². The summed E-state index contributed by atoms with van der Waals surface area (Å²) < 4.78 is 0. The molecule has 1 aromatic carbocycles. The van der Waals surface area contributed by atoms with Crippen LogP contribution in [0.5, 0.6) is 0 Å². The van der Waals surface area contributed by atoms with E-state index in [9.17, 15) is 5.11 Å². The highest BCUT2D eigenvalue weighted by molar-refractivity contribution is 5.46. The summed E-state index contributed by atoms with van der Waals surface area (Å²) in [4.78, 5) is 4.88. The Morgan fingerprint density at radius 1 is 1.04 bits per heavy atom. The Morgan fingerprint density at radius 2 is 1.71 bits per heavy atom. The predicted octanol–water partition coefficient (Wildman–Crippen LogP) is 2.34. The van der Waals surface area contributed by atoms with Gasteiger partial charge in [0.15, 0.2) is 0 Å². The molecule has 0 bridgehead atoms. The highest BCUT2D eigenvalue weighted by atomic mass is 16.3. The largest absolute Gasteiger partial charge is 0.390 e. The first-order valence-corrected chi connectivity index (χ1v) is 9.64. The zero-order valence-corrected chi connectivity index (χ0v) is 15.0. The number of aliphatic hydroxyl groups excluding tert-OH is 1. The van der Waals surface area contributed by atoms with Gasteiger partial charge >= 0.3 is 0 Å². The molecule has 2 aliphatic rings. The topological polar surface area (TPSA) is 38.7 Å². The fourth-order valence-corrected chi connectivity index (χ4v) is 3.89. The summed E-state index contributed by atoms with van der Waals surface area (Å²) in [6.45, 7) is 8.37. The van der Waals surface area contributed by atoms with Crippen LogP contribution in [0, 0.1) is 5.92 Å². The van der Waals surface area contributed by atoms with Crippen LogP contribution in [0.1, 0.15) is 32.6 Å². The highest BCUT2D eigenvalue weighted by Gasteiger charge is 2.21. The van der Waals surface area contributed by atoms with Gasteiger partial charge in [-0.05, 0) is 56.8 Å². The van der Waals surface area contributed by atoms with Crippen LogP contribution in [-0.4, -0.2) is 61.4 Å². The molecule has 24 heavy (non-hydrogen) atoms. The molecule has 0 amide bonds. The van der Waals surface area contributed by atoms with Crippen molar-refractivity contribution in [2.24, 2.45) is 5.92 Å². The molecular formula is C20H33N3O. The van der Waals surface area contributed by atoms with Gasteiger partial charge in [0.2, 0.25) is 0 Å². The SMILES string of the molecule is CC1CCN(CC(O)CNC2CCN(c3ccccc3)CC2)CC1. The van der Waals surface area contributed by atoms with Gasteiger partial charge in [-0.15, -0.1) is 0 Å². The number of hydrogen-bond acceptors (Lipinski definition) is 4. The molecule has 1 unspecified atom stereocenters. The number of aliphatic hydroxyl groups is 1. The molecule has 2 saturated heterocycles. The quantitative estimate of drug-likeness (QED) is 0.839. The molecule has 1 atom stereocenters. The summed E-state index contributed by atoms with van der Waals surface area (Å²) in [7, 11) is 0. The number of anilines is 1. The Hall–Kier alpha value is -1.10. The maximum Gasteiger partial charge on any atom is 0.0791 e. The standard InChI is InChI=1S/C20H33N3O/c1-17-7-11-22(12-8-17)16-20(24)15-21-18-9-13-23(14-10-18)19-5-3-2-4-6-19/h2-6,17-18,20-21,24H,7-16H2,1H3. The van der Waals surface area contributed by atoms with Crippen molar-refractivity contribution in [3.8, 4) is 0 Å². The minimum Gasteiger partial charge on any atom is -0.390 e. The monoisotopic (exact) mass is 331 g/mol. The van der Waals surface area contributed by atoms with Gasteiger partial charge in [0.1, 0.15) is 0 Å². The van der Waals surface area contributed by atoms with E-state index in [0.717, 1.165) is 58.0 Å². The van der Waals surface area contributed by atoms with Gasteiger partial charge in [-0.2, -0.15) is 0 Å². The van der Waals surface area contributed by atoms with Crippen molar-refractivity contribution >= 4 is 5.69 Å². The summed E-state index contributed by atoms with van der Waals surface area (Å²) >= 11 is 0. The zero-order chi connectivity index (χ0) is 16.8. The Kier molecular flexibility index (Phi) is 6.52. The average molecular weight is 332 g/mol. The Morgan fingerprint density at radius 3 is 2.38 bits per heavy atom.